The molecule has 0 aliphatic heterocycles. The molecule has 0 spiro atoms. The number of hydrogen-bond acceptors (Lipinski definition) is 4. The summed E-state index contributed by atoms with van der Waals surface area (Å²) in [6.45, 7) is 0.778. The fourth-order valence-corrected chi connectivity index (χ4v) is 2.06. The maximum atomic E-state index is 5.74. The number of thiazole rings is 1. The lowest BCUT2D eigenvalue weighted by Crippen LogP contribution is -2.15. The first-order chi connectivity index (χ1) is 6.75. The molecule has 2 aromatic heterocycles. The Bertz CT molecular complexity index is 399. The summed E-state index contributed by atoms with van der Waals surface area (Å²) in [5.74, 6) is 0. The molecule has 0 atom stereocenters. The van der Waals surface area contributed by atoms with Gasteiger partial charge in [0, 0.05) is 24.5 Å². The molecule has 3 nitrogen and oxygen atoms in total. The largest absolute Gasteiger partial charge is 0.472 e. The van der Waals surface area contributed by atoms with Crippen LogP contribution in [-0.2, 0) is 6.54 Å². The van der Waals surface area contributed by atoms with Crippen LogP contribution in [-0.4, -0.2) is 12.0 Å². The molecule has 0 N–H and O–H groups in total. The molecule has 0 unspecified atom stereocenters. The SMILES string of the molecule is CN(Cc1ccoc1)c1nc(Cl)cs1. The molecular weight excluding hydrogens is 220 g/mol. The predicted octanol–water partition coefficient (Wildman–Crippen LogP) is 3.03. The van der Waals surface area contributed by atoms with Gasteiger partial charge in [0.15, 0.2) is 5.13 Å². The second-order valence-electron chi connectivity index (χ2n) is 2.94. The zero-order valence-corrected chi connectivity index (χ0v) is 9.18. The monoisotopic (exact) mass is 228 g/mol. The molecule has 5 heteroatoms. The third-order valence-corrected chi connectivity index (χ3v) is 3.07. The molecule has 0 fully saturated rings. The molecule has 14 heavy (non-hydrogen) atoms. The van der Waals surface area contributed by atoms with E-state index in [0.29, 0.717) is 5.15 Å². The number of hydrogen-bond donors (Lipinski definition) is 0. The van der Waals surface area contributed by atoms with Crippen molar-refractivity contribution in [2.75, 3.05) is 11.9 Å². The third-order valence-electron chi connectivity index (χ3n) is 1.79. The van der Waals surface area contributed by atoms with Gasteiger partial charge in [-0.25, -0.2) is 4.98 Å². The highest BCUT2D eigenvalue weighted by Gasteiger charge is 2.06. The molecule has 74 valence electrons. The van der Waals surface area contributed by atoms with Gasteiger partial charge in [-0.15, -0.1) is 11.3 Å². The summed E-state index contributed by atoms with van der Waals surface area (Å²) in [6.07, 6.45) is 3.39. The lowest BCUT2D eigenvalue weighted by atomic mass is 10.3. The van der Waals surface area contributed by atoms with Crippen LogP contribution < -0.4 is 4.90 Å². The van der Waals surface area contributed by atoms with Gasteiger partial charge in [-0.05, 0) is 6.07 Å². The van der Waals surface area contributed by atoms with Gasteiger partial charge in [0.1, 0.15) is 5.15 Å². The van der Waals surface area contributed by atoms with E-state index in [9.17, 15) is 0 Å². The number of nitrogens with zero attached hydrogens (tertiary/aromatic N) is 2. The molecule has 0 amide bonds. The Morgan fingerprint density at radius 2 is 2.50 bits per heavy atom. The van der Waals surface area contributed by atoms with Crippen LogP contribution >= 0.6 is 22.9 Å². The van der Waals surface area contributed by atoms with E-state index in [-0.39, 0.29) is 0 Å². The number of anilines is 1. The maximum absolute atomic E-state index is 5.74. The van der Waals surface area contributed by atoms with Crippen molar-refractivity contribution in [1.29, 1.82) is 0 Å². The van der Waals surface area contributed by atoms with E-state index in [4.69, 9.17) is 16.0 Å². The minimum Gasteiger partial charge on any atom is -0.472 e. The smallest absolute Gasteiger partial charge is 0.186 e. The van der Waals surface area contributed by atoms with Crippen LogP contribution in [0.2, 0.25) is 5.15 Å². The van der Waals surface area contributed by atoms with Crippen LogP contribution in [0.5, 0.6) is 0 Å². The summed E-state index contributed by atoms with van der Waals surface area (Å²) in [5, 5.41) is 3.28. The first kappa shape index (κ1) is 9.55. The van der Waals surface area contributed by atoms with Crippen LogP contribution in [0.25, 0.3) is 0 Å². The van der Waals surface area contributed by atoms with Crippen molar-refractivity contribution < 1.29 is 4.42 Å². The van der Waals surface area contributed by atoms with Crippen molar-refractivity contribution >= 4 is 28.1 Å². The zero-order valence-electron chi connectivity index (χ0n) is 7.61. The second-order valence-corrected chi connectivity index (χ2v) is 4.16. The van der Waals surface area contributed by atoms with Gasteiger partial charge in [0.2, 0.25) is 0 Å². The van der Waals surface area contributed by atoms with E-state index in [1.807, 2.05) is 23.4 Å². The van der Waals surface area contributed by atoms with E-state index in [1.54, 1.807) is 12.5 Å². The van der Waals surface area contributed by atoms with Gasteiger partial charge < -0.3 is 9.32 Å². The zero-order chi connectivity index (χ0) is 9.97. The molecule has 2 rings (SSSR count). The predicted molar refractivity (Wildman–Crippen MR) is 57.9 cm³/mol. The van der Waals surface area contributed by atoms with Gasteiger partial charge in [0.05, 0.1) is 12.5 Å². The van der Waals surface area contributed by atoms with Gasteiger partial charge >= 0.3 is 0 Å². The van der Waals surface area contributed by atoms with Gasteiger partial charge in [-0.2, -0.15) is 0 Å². The highest BCUT2D eigenvalue weighted by molar-refractivity contribution is 7.14. The van der Waals surface area contributed by atoms with E-state index in [2.05, 4.69) is 4.98 Å². The number of rotatable bonds is 3. The molecule has 2 heterocycles. The number of furan rings is 1. The summed E-state index contributed by atoms with van der Waals surface area (Å²) in [7, 11) is 1.97. The highest BCUT2D eigenvalue weighted by atomic mass is 35.5. The van der Waals surface area contributed by atoms with Crippen LogP contribution in [0.4, 0.5) is 5.13 Å². The Labute approximate surface area is 90.9 Å². The van der Waals surface area contributed by atoms with Crippen molar-refractivity contribution in [3.05, 3.63) is 34.7 Å². The number of halogens is 1. The molecule has 0 radical (unpaired) electrons. The van der Waals surface area contributed by atoms with Gasteiger partial charge in [-0.1, -0.05) is 11.6 Å². The molecule has 0 aliphatic carbocycles. The van der Waals surface area contributed by atoms with Gasteiger partial charge in [-0.3, -0.25) is 0 Å². The molecule has 0 aliphatic rings. The van der Waals surface area contributed by atoms with E-state index in [0.717, 1.165) is 17.2 Å². The number of aromatic nitrogens is 1. The van der Waals surface area contributed by atoms with Gasteiger partial charge in [0.25, 0.3) is 0 Å². The third kappa shape index (κ3) is 2.08. The van der Waals surface area contributed by atoms with E-state index in [1.165, 1.54) is 11.3 Å². The minimum atomic E-state index is 0.545. The van der Waals surface area contributed by atoms with Crippen molar-refractivity contribution in [3.8, 4) is 0 Å². The van der Waals surface area contributed by atoms with Crippen molar-refractivity contribution in [3.63, 3.8) is 0 Å². The Hall–Kier alpha value is -1.000. The first-order valence-corrected chi connectivity index (χ1v) is 5.35. The van der Waals surface area contributed by atoms with Crippen LogP contribution in [0.15, 0.2) is 28.4 Å². The average Bonchev–Trinajstić information content (AvgIpc) is 2.75. The Morgan fingerprint density at radius 3 is 3.07 bits per heavy atom. The van der Waals surface area contributed by atoms with Crippen molar-refractivity contribution in [2.45, 2.75) is 6.54 Å². The van der Waals surface area contributed by atoms with E-state index >= 15 is 0 Å². The highest BCUT2D eigenvalue weighted by Crippen LogP contribution is 2.23. The fraction of sp³-hybridized carbons (Fsp3) is 0.222. The maximum Gasteiger partial charge on any atom is 0.186 e. The summed E-state index contributed by atoms with van der Waals surface area (Å²) >= 11 is 7.27. The Morgan fingerprint density at radius 1 is 1.64 bits per heavy atom. The first-order valence-electron chi connectivity index (χ1n) is 4.09. The van der Waals surface area contributed by atoms with Crippen molar-refractivity contribution in [2.24, 2.45) is 0 Å². The summed E-state index contributed by atoms with van der Waals surface area (Å²) in [6, 6.07) is 1.94. The quantitative estimate of drug-likeness (QED) is 0.809. The normalized spacial score (nSPS) is 10.4. The molecule has 0 saturated heterocycles. The summed E-state index contributed by atoms with van der Waals surface area (Å²) in [5.41, 5.74) is 1.12. The Kier molecular flexibility index (Phi) is 2.74. The lowest BCUT2D eigenvalue weighted by molar-refractivity contribution is 0.563. The summed E-state index contributed by atoms with van der Waals surface area (Å²) in [4.78, 5) is 6.20. The van der Waals surface area contributed by atoms with Crippen LogP contribution in [0.3, 0.4) is 0 Å². The summed E-state index contributed by atoms with van der Waals surface area (Å²) < 4.78 is 4.99. The molecule has 0 bridgehead atoms. The fourth-order valence-electron chi connectivity index (χ4n) is 1.14. The molecule has 0 aromatic carbocycles. The average molecular weight is 229 g/mol. The molecule has 0 saturated carbocycles. The standard InChI is InChI=1S/C9H9ClN2OS/c1-12(4-7-2-3-13-5-7)9-11-8(10)6-14-9/h2-3,5-6H,4H2,1H3. The van der Waals surface area contributed by atoms with Crippen molar-refractivity contribution in [1.82, 2.24) is 4.98 Å². The second kappa shape index (κ2) is 4.02. The lowest BCUT2D eigenvalue weighted by Gasteiger charge is -2.13. The van der Waals surface area contributed by atoms with E-state index < -0.39 is 0 Å². The van der Waals surface area contributed by atoms with Crippen LogP contribution in [0, 0.1) is 0 Å². The molecular formula is C9H9ClN2OS. The van der Waals surface area contributed by atoms with Crippen LogP contribution in [0.1, 0.15) is 5.56 Å². The topological polar surface area (TPSA) is 29.3 Å². The molecule has 2 aromatic rings. The Balaban J connectivity index is 2.06. The minimum absolute atomic E-state index is 0.545.